The van der Waals surface area contributed by atoms with E-state index in [-0.39, 0.29) is 0 Å². The molecule has 6 heteroatoms. The fourth-order valence-corrected chi connectivity index (χ4v) is 3.59. The molecule has 0 radical (unpaired) electrons. The van der Waals surface area contributed by atoms with E-state index in [0.717, 1.165) is 29.1 Å². The van der Waals surface area contributed by atoms with Crippen molar-refractivity contribution in [3.63, 3.8) is 0 Å². The van der Waals surface area contributed by atoms with Crippen LogP contribution in [0.25, 0.3) is 10.2 Å². The highest BCUT2D eigenvalue weighted by atomic mass is 32.1. The molecule has 0 aromatic carbocycles. The predicted octanol–water partition coefficient (Wildman–Crippen LogP) is 4.11. The minimum Gasteiger partial charge on any atom is -0.364 e. The van der Waals surface area contributed by atoms with Gasteiger partial charge in [-0.05, 0) is 42.3 Å². The average molecular weight is 304 g/mol. The Kier molecular flexibility index (Phi) is 3.84. The number of hydrogen-bond acceptors (Lipinski definition) is 6. The molecule has 4 nitrogen and oxygen atoms in total. The Morgan fingerprint density at radius 1 is 1.10 bits per heavy atom. The van der Waals surface area contributed by atoms with Gasteiger partial charge in [-0.25, -0.2) is 4.98 Å². The second-order valence-electron chi connectivity index (χ2n) is 4.45. The van der Waals surface area contributed by atoms with Crippen LogP contribution in [0.1, 0.15) is 17.4 Å². The van der Waals surface area contributed by atoms with Gasteiger partial charge in [0.15, 0.2) is 0 Å². The van der Waals surface area contributed by atoms with Crippen molar-refractivity contribution in [3.8, 4) is 0 Å². The van der Waals surface area contributed by atoms with Crippen LogP contribution in [0.5, 0.6) is 0 Å². The number of aryl methyl sites for hydroxylation is 1. The summed E-state index contributed by atoms with van der Waals surface area (Å²) in [5, 5.41) is 11.9. The van der Waals surface area contributed by atoms with E-state index in [4.69, 9.17) is 0 Å². The number of rotatable bonds is 5. The molecule has 20 heavy (non-hydrogen) atoms. The lowest BCUT2D eigenvalue weighted by Gasteiger charge is -2.09. The molecule has 0 aliphatic rings. The highest BCUT2D eigenvalue weighted by Gasteiger charge is 2.09. The molecule has 0 atom stereocenters. The molecule has 3 aromatic heterocycles. The van der Waals surface area contributed by atoms with Crippen molar-refractivity contribution >= 4 is 44.7 Å². The monoisotopic (exact) mass is 304 g/mol. The highest BCUT2D eigenvalue weighted by molar-refractivity contribution is 7.16. The molecule has 2 N–H and O–H groups in total. The van der Waals surface area contributed by atoms with Gasteiger partial charge >= 0.3 is 0 Å². The summed E-state index contributed by atoms with van der Waals surface area (Å²) >= 11 is 3.41. The molecule has 0 fully saturated rings. The quantitative estimate of drug-likeness (QED) is 0.745. The van der Waals surface area contributed by atoms with Crippen LogP contribution in [-0.4, -0.2) is 16.5 Å². The van der Waals surface area contributed by atoms with Gasteiger partial charge in [0.1, 0.15) is 10.6 Å². The maximum atomic E-state index is 4.57. The number of anilines is 2. The van der Waals surface area contributed by atoms with E-state index in [9.17, 15) is 0 Å². The summed E-state index contributed by atoms with van der Waals surface area (Å²) in [6.45, 7) is 5.80. The molecular weight excluding hydrogens is 288 g/mol. The van der Waals surface area contributed by atoms with Gasteiger partial charge in [-0.3, -0.25) is 0 Å². The third-order valence-corrected chi connectivity index (χ3v) is 4.87. The molecule has 0 bridgehead atoms. The van der Waals surface area contributed by atoms with Gasteiger partial charge in [0.05, 0.1) is 11.9 Å². The molecule has 104 valence electrons. The average Bonchev–Trinajstić information content (AvgIpc) is 3.05. The number of nitrogens with zero attached hydrogens (tertiary/aromatic N) is 2. The third kappa shape index (κ3) is 2.62. The van der Waals surface area contributed by atoms with Gasteiger partial charge in [0, 0.05) is 11.4 Å². The summed E-state index contributed by atoms with van der Waals surface area (Å²) in [6, 6.07) is 4.21. The first-order valence-electron chi connectivity index (χ1n) is 6.54. The standard InChI is InChI=1S/C14H16N4S2/c1-3-15-14-17-12(10-5-7-20-13(10)18-14)16-8-11-9(2)4-6-19-11/h4-7H,3,8H2,1-2H3,(H2,15,16,17,18). The fourth-order valence-electron chi connectivity index (χ4n) is 1.98. The zero-order chi connectivity index (χ0) is 13.9. The summed E-state index contributed by atoms with van der Waals surface area (Å²) in [6.07, 6.45) is 0. The SMILES string of the molecule is CCNc1nc(NCc2sccc2C)c2ccsc2n1. The van der Waals surface area contributed by atoms with Crippen molar-refractivity contribution < 1.29 is 0 Å². The van der Waals surface area contributed by atoms with Crippen LogP contribution in [0.4, 0.5) is 11.8 Å². The molecular formula is C14H16N4S2. The number of nitrogens with one attached hydrogen (secondary N) is 2. The van der Waals surface area contributed by atoms with E-state index in [1.807, 2.05) is 6.92 Å². The molecule has 3 aromatic rings. The van der Waals surface area contributed by atoms with Crippen molar-refractivity contribution in [1.82, 2.24) is 9.97 Å². The molecule has 0 aliphatic carbocycles. The Bertz CT molecular complexity index is 717. The van der Waals surface area contributed by atoms with Crippen molar-refractivity contribution in [3.05, 3.63) is 33.3 Å². The zero-order valence-electron chi connectivity index (χ0n) is 11.4. The molecule has 3 rings (SSSR count). The van der Waals surface area contributed by atoms with E-state index in [0.29, 0.717) is 5.95 Å². The Balaban J connectivity index is 1.89. The van der Waals surface area contributed by atoms with Gasteiger partial charge in [-0.2, -0.15) is 4.98 Å². The summed E-state index contributed by atoms with van der Waals surface area (Å²) in [7, 11) is 0. The minimum absolute atomic E-state index is 0.688. The summed E-state index contributed by atoms with van der Waals surface area (Å²) in [5.74, 6) is 1.59. The second kappa shape index (κ2) is 5.76. The van der Waals surface area contributed by atoms with Crippen LogP contribution in [0.15, 0.2) is 22.9 Å². The summed E-state index contributed by atoms with van der Waals surface area (Å²) < 4.78 is 0. The lowest BCUT2D eigenvalue weighted by molar-refractivity contribution is 1.08. The zero-order valence-corrected chi connectivity index (χ0v) is 13.1. The first-order valence-corrected chi connectivity index (χ1v) is 8.30. The number of thiophene rings is 2. The van der Waals surface area contributed by atoms with Crippen LogP contribution in [-0.2, 0) is 6.54 Å². The minimum atomic E-state index is 0.688. The predicted molar refractivity (Wildman–Crippen MR) is 88.0 cm³/mol. The van der Waals surface area contributed by atoms with Gasteiger partial charge in [0.25, 0.3) is 0 Å². The Morgan fingerprint density at radius 3 is 2.70 bits per heavy atom. The molecule has 0 spiro atoms. The fraction of sp³-hybridized carbons (Fsp3) is 0.286. The number of aromatic nitrogens is 2. The van der Waals surface area contributed by atoms with Crippen LogP contribution >= 0.6 is 22.7 Å². The largest absolute Gasteiger partial charge is 0.364 e. The Morgan fingerprint density at radius 2 is 1.95 bits per heavy atom. The first-order chi connectivity index (χ1) is 9.78. The second-order valence-corrected chi connectivity index (χ2v) is 6.34. The first kappa shape index (κ1) is 13.3. The lowest BCUT2D eigenvalue weighted by atomic mass is 10.3. The Labute approximate surface area is 125 Å². The molecule has 3 heterocycles. The number of hydrogen-bond donors (Lipinski definition) is 2. The van der Waals surface area contributed by atoms with Gasteiger partial charge < -0.3 is 10.6 Å². The molecule has 0 amide bonds. The molecule has 0 saturated carbocycles. The van der Waals surface area contributed by atoms with E-state index in [1.54, 1.807) is 22.7 Å². The van der Waals surface area contributed by atoms with Crippen molar-refractivity contribution in [2.45, 2.75) is 20.4 Å². The molecule has 0 aliphatic heterocycles. The number of fused-ring (bicyclic) bond motifs is 1. The van der Waals surface area contributed by atoms with E-state index in [2.05, 4.69) is 50.4 Å². The van der Waals surface area contributed by atoms with E-state index in [1.165, 1.54) is 10.4 Å². The third-order valence-electron chi connectivity index (χ3n) is 3.04. The molecule has 0 unspecified atom stereocenters. The van der Waals surface area contributed by atoms with Gasteiger partial charge in [-0.15, -0.1) is 22.7 Å². The smallest absolute Gasteiger partial charge is 0.226 e. The van der Waals surface area contributed by atoms with Crippen molar-refractivity contribution in [2.24, 2.45) is 0 Å². The van der Waals surface area contributed by atoms with Crippen LogP contribution in [0, 0.1) is 6.92 Å². The summed E-state index contributed by atoms with van der Waals surface area (Å²) in [5.41, 5.74) is 1.32. The van der Waals surface area contributed by atoms with Crippen LogP contribution in [0.3, 0.4) is 0 Å². The van der Waals surface area contributed by atoms with Crippen LogP contribution in [0.2, 0.25) is 0 Å². The van der Waals surface area contributed by atoms with Gasteiger partial charge in [-0.1, -0.05) is 0 Å². The molecule has 0 saturated heterocycles. The maximum Gasteiger partial charge on any atom is 0.226 e. The maximum absolute atomic E-state index is 4.57. The summed E-state index contributed by atoms with van der Waals surface area (Å²) in [4.78, 5) is 11.4. The highest BCUT2D eigenvalue weighted by Crippen LogP contribution is 2.27. The van der Waals surface area contributed by atoms with Crippen molar-refractivity contribution in [1.29, 1.82) is 0 Å². The van der Waals surface area contributed by atoms with Gasteiger partial charge in [0.2, 0.25) is 5.95 Å². The lowest BCUT2D eigenvalue weighted by Crippen LogP contribution is -2.06. The normalized spacial score (nSPS) is 10.9. The van der Waals surface area contributed by atoms with E-state index < -0.39 is 0 Å². The topological polar surface area (TPSA) is 49.8 Å². The van der Waals surface area contributed by atoms with Crippen molar-refractivity contribution in [2.75, 3.05) is 17.2 Å². The Hall–Kier alpha value is -1.66. The van der Waals surface area contributed by atoms with E-state index >= 15 is 0 Å². The van der Waals surface area contributed by atoms with Crippen LogP contribution < -0.4 is 10.6 Å².